The molecule has 0 aliphatic heterocycles. The van der Waals surface area contributed by atoms with Crippen LogP contribution in [0.3, 0.4) is 0 Å². The zero-order valence-corrected chi connectivity index (χ0v) is 17.8. The molecule has 0 bridgehead atoms. The number of benzene rings is 4. The van der Waals surface area contributed by atoms with E-state index in [0.29, 0.717) is 10.9 Å². The molecule has 0 nitrogen and oxygen atoms in total. The second kappa shape index (κ2) is 9.34. The van der Waals surface area contributed by atoms with E-state index >= 15 is 4.39 Å². The number of hydrogen-bond acceptors (Lipinski definition) is 0. The minimum Gasteiger partial charge on any atom is -0.205 e. The van der Waals surface area contributed by atoms with E-state index in [4.69, 9.17) is 0 Å². The van der Waals surface area contributed by atoms with Crippen LogP contribution in [0.2, 0.25) is 0 Å². The molecule has 0 spiro atoms. The summed E-state index contributed by atoms with van der Waals surface area (Å²) >= 11 is 0. The molecule has 0 saturated heterocycles. The maximum atomic E-state index is 15.0. The quantitative estimate of drug-likeness (QED) is 0.320. The normalized spacial score (nSPS) is 10.2. The summed E-state index contributed by atoms with van der Waals surface area (Å²) in [5, 5.41) is 1.38. The highest BCUT2D eigenvalue weighted by Gasteiger charge is 2.06. The van der Waals surface area contributed by atoms with Crippen molar-refractivity contribution < 1.29 is 4.39 Å². The molecule has 4 rings (SSSR count). The molecule has 0 fully saturated rings. The van der Waals surface area contributed by atoms with Crippen molar-refractivity contribution in [3.8, 4) is 23.7 Å². The minimum atomic E-state index is -0.287. The Bertz CT molecular complexity index is 1340. The minimum absolute atomic E-state index is 0.287. The van der Waals surface area contributed by atoms with E-state index in [1.54, 1.807) is 12.1 Å². The van der Waals surface area contributed by atoms with Crippen LogP contribution >= 0.6 is 0 Å². The van der Waals surface area contributed by atoms with Gasteiger partial charge in [-0.05, 0) is 71.8 Å². The van der Waals surface area contributed by atoms with Crippen molar-refractivity contribution in [1.82, 2.24) is 0 Å². The van der Waals surface area contributed by atoms with E-state index < -0.39 is 0 Å². The van der Waals surface area contributed by atoms with Crippen molar-refractivity contribution in [2.75, 3.05) is 0 Å². The van der Waals surface area contributed by atoms with Gasteiger partial charge in [0.05, 0.1) is 5.56 Å². The summed E-state index contributed by atoms with van der Waals surface area (Å²) in [6, 6.07) is 25.6. The standard InChI is InChI=1S/C30H23F/c1-3-22-5-9-24(10-6-22)13-14-26-16-20-29-28(21-26)19-18-27(30(29)31)17-15-25-11-7-23(4-2)8-12-25/h5-12,16,18-21H,3-4H2,1-2H3. The van der Waals surface area contributed by atoms with Gasteiger partial charge in [-0.25, -0.2) is 4.39 Å². The molecule has 0 unspecified atom stereocenters. The van der Waals surface area contributed by atoms with Crippen LogP contribution in [0.25, 0.3) is 10.8 Å². The van der Waals surface area contributed by atoms with E-state index in [1.165, 1.54) is 11.1 Å². The molecule has 0 N–H and O–H groups in total. The third kappa shape index (κ3) is 4.85. The smallest absolute Gasteiger partial charge is 0.146 e. The molecular formula is C30H23F. The summed E-state index contributed by atoms with van der Waals surface area (Å²) in [6.07, 6.45) is 2.01. The van der Waals surface area contributed by atoms with Gasteiger partial charge in [0.2, 0.25) is 0 Å². The Labute approximate surface area is 183 Å². The van der Waals surface area contributed by atoms with Gasteiger partial charge in [0.25, 0.3) is 0 Å². The van der Waals surface area contributed by atoms with Crippen molar-refractivity contribution in [1.29, 1.82) is 0 Å². The monoisotopic (exact) mass is 402 g/mol. The highest BCUT2D eigenvalue weighted by atomic mass is 19.1. The van der Waals surface area contributed by atoms with E-state index in [1.807, 2.05) is 42.5 Å². The molecule has 0 heterocycles. The fraction of sp³-hybridized carbons (Fsp3) is 0.133. The van der Waals surface area contributed by atoms with Crippen molar-refractivity contribution in [2.24, 2.45) is 0 Å². The summed E-state index contributed by atoms with van der Waals surface area (Å²) in [5.41, 5.74) is 5.68. The number of aryl methyl sites for hydroxylation is 2. The van der Waals surface area contributed by atoms with Crippen LogP contribution in [0.4, 0.5) is 4.39 Å². The van der Waals surface area contributed by atoms with Crippen LogP contribution in [-0.4, -0.2) is 0 Å². The Morgan fingerprint density at radius 3 is 1.68 bits per heavy atom. The maximum absolute atomic E-state index is 15.0. The summed E-state index contributed by atoms with van der Waals surface area (Å²) in [7, 11) is 0. The van der Waals surface area contributed by atoms with E-state index in [9.17, 15) is 0 Å². The largest absolute Gasteiger partial charge is 0.205 e. The number of hydrogen-bond donors (Lipinski definition) is 0. The van der Waals surface area contributed by atoms with Gasteiger partial charge >= 0.3 is 0 Å². The number of halogens is 1. The zero-order valence-electron chi connectivity index (χ0n) is 17.8. The maximum Gasteiger partial charge on any atom is 0.146 e. The molecule has 0 saturated carbocycles. The van der Waals surface area contributed by atoms with Crippen LogP contribution < -0.4 is 0 Å². The fourth-order valence-electron chi connectivity index (χ4n) is 3.40. The Kier molecular flexibility index (Phi) is 6.16. The Morgan fingerprint density at radius 1 is 0.581 bits per heavy atom. The van der Waals surface area contributed by atoms with Crippen LogP contribution in [-0.2, 0) is 12.8 Å². The number of rotatable bonds is 2. The SMILES string of the molecule is CCc1ccc(C#Cc2ccc3c(F)c(C#Cc4ccc(CC)cc4)ccc3c2)cc1. The first-order valence-electron chi connectivity index (χ1n) is 10.6. The third-order valence-corrected chi connectivity index (χ3v) is 5.37. The van der Waals surface area contributed by atoms with Crippen LogP contribution in [0, 0.1) is 29.5 Å². The summed E-state index contributed by atoms with van der Waals surface area (Å²) in [5.74, 6) is 12.1. The molecule has 0 amide bonds. The van der Waals surface area contributed by atoms with E-state index in [0.717, 1.165) is 34.9 Å². The lowest BCUT2D eigenvalue weighted by atomic mass is 10.0. The Balaban J connectivity index is 1.59. The molecule has 4 aromatic rings. The summed E-state index contributed by atoms with van der Waals surface area (Å²) in [4.78, 5) is 0. The highest BCUT2D eigenvalue weighted by molar-refractivity contribution is 5.86. The van der Waals surface area contributed by atoms with Gasteiger partial charge in [-0.2, -0.15) is 0 Å². The molecule has 4 aromatic carbocycles. The molecule has 1 heteroatoms. The lowest BCUT2D eigenvalue weighted by Crippen LogP contribution is -1.88. The molecule has 0 aliphatic rings. The van der Waals surface area contributed by atoms with Crippen LogP contribution in [0.5, 0.6) is 0 Å². The molecular weight excluding hydrogens is 379 g/mol. The van der Waals surface area contributed by atoms with Gasteiger partial charge in [-0.3, -0.25) is 0 Å². The molecule has 0 radical (unpaired) electrons. The van der Waals surface area contributed by atoms with Gasteiger partial charge in [0, 0.05) is 22.1 Å². The number of fused-ring (bicyclic) bond motifs is 1. The second-order valence-electron chi connectivity index (χ2n) is 7.46. The van der Waals surface area contributed by atoms with Crippen molar-refractivity contribution in [2.45, 2.75) is 26.7 Å². The predicted octanol–water partition coefficient (Wildman–Crippen LogP) is 6.90. The highest BCUT2D eigenvalue weighted by Crippen LogP contribution is 2.22. The lowest BCUT2D eigenvalue weighted by molar-refractivity contribution is 0.636. The van der Waals surface area contributed by atoms with Crippen LogP contribution in [0.1, 0.15) is 47.2 Å². The van der Waals surface area contributed by atoms with E-state index in [-0.39, 0.29) is 5.82 Å². The Hall–Kier alpha value is -3.81. The topological polar surface area (TPSA) is 0 Å². The molecule has 150 valence electrons. The van der Waals surface area contributed by atoms with Crippen LogP contribution in [0.15, 0.2) is 78.9 Å². The third-order valence-electron chi connectivity index (χ3n) is 5.37. The molecule has 31 heavy (non-hydrogen) atoms. The first-order chi connectivity index (χ1) is 15.2. The summed E-state index contributed by atoms with van der Waals surface area (Å²) in [6.45, 7) is 4.25. The first kappa shape index (κ1) is 20.5. The predicted molar refractivity (Wildman–Crippen MR) is 128 cm³/mol. The Morgan fingerprint density at radius 2 is 1.10 bits per heavy atom. The average Bonchev–Trinajstić information content (AvgIpc) is 2.83. The van der Waals surface area contributed by atoms with Crippen molar-refractivity contribution in [3.63, 3.8) is 0 Å². The zero-order chi connectivity index (χ0) is 21.6. The molecule has 0 aliphatic carbocycles. The first-order valence-corrected chi connectivity index (χ1v) is 10.6. The second-order valence-corrected chi connectivity index (χ2v) is 7.46. The van der Waals surface area contributed by atoms with Gasteiger partial charge < -0.3 is 0 Å². The van der Waals surface area contributed by atoms with Gasteiger partial charge in [-0.15, -0.1) is 0 Å². The molecule has 0 atom stereocenters. The van der Waals surface area contributed by atoms with E-state index in [2.05, 4.69) is 61.8 Å². The molecule has 0 aromatic heterocycles. The van der Waals surface area contributed by atoms with Gasteiger partial charge in [0.15, 0.2) is 0 Å². The van der Waals surface area contributed by atoms with Crippen molar-refractivity contribution >= 4 is 10.8 Å². The fourth-order valence-corrected chi connectivity index (χ4v) is 3.40. The average molecular weight is 403 g/mol. The van der Waals surface area contributed by atoms with Gasteiger partial charge in [0.1, 0.15) is 5.82 Å². The van der Waals surface area contributed by atoms with Gasteiger partial charge in [-0.1, -0.05) is 73.9 Å². The van der Waals surface area contributed by atoms with Crippen molar-refractivity contribution in [3.05, 3.63) is 118 Å². The lowest BCUT2D eigenvalue weighted by Gasteiger charge is -2.03. The summed E-state index contributed by atoms with van der Waals surface area (Å²) < 4.78 is 15.0.